The average molecular weight is 504 g/mol. The first-order valence-corrected chi connectivity index (χ1v) is 12.7. The molecule has 7 rings (SSSR count). The van der Waals surface area contributed by atoms with Crippen molar-refractivity contribution in [2.45, 2.75) is 0 Å². The van der Waals surface area contributed by atoms with Crippen LogP contribution >= 0.6 is 0 Å². The smallest absolute Gasteiger partial charge is 0.200 e. The van der Waals surface area contributed by atoms with Crippen LogP contribution in [-0.4, -0.2) is 15.0 Å². The zero-order valence-corrected chi connectivity index (χ0v) is 20.8. The van der Waals surface area contributed by atoms with Gasteiger partial charge in [0.1, 0.15) is 11.2 Å². The van der Waals surface area contributed by atoms with Crippen LogP contribution in [0.3, 0.4) is 0 Å². The van der Waals surface area contributed by atoms with Crippen LogP contribution in [0.2, 0.25) is 0 Å². The molecule has 7 aromatic rings. The van der Waals surface area contributed by atoms with Crippen molar-refractivity contribution in [3.63, 3.8) is 0 Å². The van der Waals surface area contributed by atoms with Crippen LogP contribution in [0.1, 0.15) is 0 Å². The van der Waals surface area contributed by atoms with Gasteiger partial charge in [-0.25, -0.2) is 15.0 Å². The third-order valence-corrected chi connectivity index (χ3v) is 6.75. The molecule has 0 unspecified atom stereocenters. The largest absolute Gasteiger partial charge is 0.456 e. The second-order valence-electron chi connectivity index (χ2n) is 9.25. The van der Waals surface area contributed by atoms with E-state index in [1.807, 2.05) is 121 Å². The summed E-state index contributed by atoms with van der Waals surface area (Å²) in [6.07, 6.45) is 0. The summed E-state index contributed by atoms with van der Waals surface area (Å²) < 4.78 is 6.07. The summed E-state index contributed by atoms with van der Waals surface area (Å²) >= 11 is 0. The van der Waals surface area contributed by atoms with Gasteiger partial charge in [-0.05, 0) is 35.4 Å². The van der Waals surface area contributed by atoms with Crippen molar-refractivity contribution in [1.82, 2.24) is 15.0 Å². The van der Waals surface area contributed by atoms with Gasteiger partial charge < -0.3 is 4.42 Å². The minimum absolute atomic E-state index is 0.0213. The normalized spacial score (nSPS) is 11.2. The average Bonchev–Trinajstić information content (AvgIpc) is 3.02. The third-order valence-electron chi connectivity index (χ3n) is 6.75. The number of nitrogens with zero attached hydrogens (tertiary/aromatic N) is 3. The van der Waals surface area contributed by atoms with E-state index < -0.39 is 0 Å². The van der Waals surface area contributed by atoms with Crippen LogP contribution in [0.25, 0.3) is 67.2 Å². The summed E-state index contributed by atoms with van der Waals surface area (Å²) in [7, 11) is 0. The lowest BCUT2D eigenvalue weighted by atomic mass is 10.0. The quantitative estimate of drug-likeness (QED) is 0.229. The maximum absolute atomic E-state index is 12.9. The molecule has 5 heteroatoms. The van der Waals surface area contributed by atoms with Gasteiger partial charge >= 0.3 is 0 Å². The van der Waals surface area contributed by atoms with Gasteiger partial charge in [0.25, 0.3) is 0 Å². The Morgan fingerprint density at radius 1 is 0.410 bits per heavy atom. The third kappa shape index (κ3) is 4.26. The molecular formula is C34H21N3O2. The monoisotopic (exact) mass is 503 g/mol. The molecule has 39 heavy (non-hydrogen) atoms. The van der Waals surface area contributed by atoms with Crippen molar-refractivity contribution < 1.29 is 4.42 Å². The van der Waals surface area contributed by atoms with Gasteiger partial charge in [-0.2, -0.15) is 0 Å². The molecule has 2 heterocycles. The Morgan fingerprint density at radius 3 is 1.49 bits per heavy atom. The number of hydrogen-bond donors (Lipinski definition) is 0. The number of rotatable bonds is 4. The Kier molecular flexibility index (Phi) is 5.52. The molecule has 0 saturated heterocycles. The topological polar surface area (TPSA) is 68.9 Å². The van der Waals surface area contributed by atoms with Crippen molar-refractivity contribution in [3.05, 3.63) is 138 Å². The lowest BCUT2D eigenvalue weighted by Gasteiger charge is -2.09. The van der Waals surface area contributed by atoms with Gasteiger partial charge in [-0.3, -0.25) is 4.79 Å². The van der Waals surface area contributed by atoms with Crippen LogP contribution in [0.4, 0.5) is 0 Å². The minimum atomic E-state index is -0.0213. The van der Waals surface area contributed by atoms with E-state index in [4.69, 9.17) is 19.4 Å². The molecule has 2 aromatic heterocycles. The van der Waals surface area contributed by atoms with Gasteiger partial charge in [-0.1, -0.05) is 103 Å². The first-order valence-electron chi connectivity index (χ1n) is 12.7. The molecule has 0 aliphatic heterocycles. The standard InChI is InChI=1S/C34H21N3O2/c38-31-27-13-7-8-14-29(27)39-30-21-26(19-20-28(30)31)22-15-17-25(18-16-22)34-36-32(23-9-3-1-4-10-23)35-33(37-34)24-11-5-2-6-12-24/h1-21H. The van der Waals surface area contributed by atoms with E-state index in [1.165, 1.54) is 0 Å². The minimum Gasteiger partial charge on any atom is -0.456 e. The molecule has 0 amide bonds. The van der Waals surface area contributed by atoms with Crippen LogP contribution in [0, 0.1) is 0 Å². The molecule has 0 fully saturated rings. The predicted molar refractivity (Wildman–Crippen MR) is 155 cm³/mol. The lowest BCUT2D eigenvalue weighted by Crippen LogP contribution is -2.01. The van der Waals surface area contributed by atoms with Crippen LogP contribution in [0.15, 0.2) is 137 Å². The Balaban J connectivity index is 1.29. The van der Waals surface area contributed by atoms with Crippen molar-refractivity contribution in [2.24, 2.45) is 0 Å². The fourth-order valence-electron chi connectivity index (χ4n) is 4.73. The van der Waals surface area contributed by atoms with Crippen molar-refractivity contribution >= 4 is 21.9 Å². The van der Waals surface area contributed by atoms with E-state index in [-0.39, 0.29) is 5.43 Å². The molecule has 0 bridgehead atoms. The molecule has 5 nitrogen and oxygen atoms in total. The first kappa shape index (κ1) is 22.8. The maximum Gasteiger partial charge on any atom is 0.200 e. The Hall–Kier alpha value is -5.42. The highest BCUT2D eigenvalue weighted by molar-refractivity contribution is 5.91. The molecule has 0 N–H and O–H groups in total. The number of aromatic nitrogens is 3. The maximum atomic E-state index is 12.9. The fourth-order valence-corrected chi connectivity index (χ4v) is 4.73. The molecule has 0 radical (unpaired) electrons. The predicted octanol–water partition coefficient (Wildman–Crippen LogP) is 7.80. The summed E-state index contributed by atoms with van der Waals surface area (Å²) in [4.78, 5) is 27.3. The van der Waals surface area contributed by atoms with E-state index in [0.29, 0.717) is 39.4 Å². The van der Waals surface area contributed by atoms with E-state index in [0.717, 1.165) is 27.8 Å². The molecule has 0 saturated carbocycles. The van der Waals surface area contributed by atoms with Crippen molar-refractivity contribution in [3.8, 4) is 45.3 Å². The summed E-state index contributed by atoms with van der Waals surface area (Å²) in [5.74, 6) is 1.85. The Labute approximate surface area is 224 Å². The second kappa shape index (κ2) is 9.47. The zero-order valence-electron chi connectivity index (χ0n) is 20.8. The molecule has 0 aliphatic carbocycles. The second-order valence-corrected chi connectivity index (χ2v) is 9.25. The highest BCUT2D eigenvalue weighted by Crippen LogP contribution is 2.29. The first-order chi connectivity index (χ1) is 19.2. The Morgan fingerprint density at radius 2 is 0.872 bits per heavy atom. The molecule has 5 aromatic carbocycles. The van der Waals surface area contributed by atoms with Crippen molar-refractivity contribution in [1.29, 1.82) is 0 Å². The zero-order chi connectivity index (χ0) is 26.2. The SMILES string of the molecule is O=c1c2ccccc2oc2cc(-c3ccc(-c4nc(-c5ccccc5)nc(-c5ccccc5)n4)cc3)ccc12. The van der Waals surface area contributed by atoms with Crippen molar-refractivity contribution in [2.75, 3.05) is 0 Å². The number of fused-ring (bicyclic) bond motifs is 2. The van der Waals surface area contributed by atoms with E-state index in [2.05, 4.69) is 0 Å². The summed E-state index contributed by atoms with van der Waals surface area (Å²) in [5.41, 5.74) is 5.83. The molecule has 0 atom stereocenters. The summed E-state index contributed by atoms with van der Waals surface area (Å²) in [6.45, 7) is 0. The van der Waals surface area contributed by atoms with Crippen LogP contribution in [-0.2, 0) is 0 Å². The van der Waals surface area contributed by atoms with E-state index >= 15 is 0 Å². The fraction of sp³-hybridized carbons (Fsp3) is 0. The van der Waals surface area contributed by atoms with Gasteiger partial charge in [-0.15, -0.1) is 0 Å². The lowest BCUT2D eigenvalue weighted by molar-refractivity contribution is 0.660. The van der Waals surface area contributed by atoms with Crippen LogP contribution < -0.4 is 5.43 Å². The Bertz CT molecular complexity index is 1960. The van der Waals surface area contributed by atoms with Gasteiger partial charge in [0.2, 0.25) is 5.43 Å². The van der Waals surface area contributed by atoms with Gasteiger partial charge in [0, 0.05) is 16.7 Å². The number of para-hydroxylation sites is 1. The van der Waals surface area contributed by atoms with Gasteiger partial charge in [0.05, 0.1) is 10.8 Å². The molecular weight excluding hydrogens is 482 g/mol. The highest BCUT2D eigenvalue weighted by atomic mass is 16.3. The number of benzene rings is 5. The molecule has 0 aliphatic rings. The van der Waals surface area contributed by atoms with E-state index in [9.17, 15) is 4.79 Å². The summed E-state index contributed by atoms with van der Waals surface area (Å²) in [6, 6.07) is 41.0. The molecule has 184 valence electrons. The molecule has 0 spiro atoms. The van der Waals surface area contributed by atoms with E-state index in [1.54, 1.807) is 6.07 Å². The van der Waals surface area contributed by atoms with Gasteiger partial charge in [0.15, 0.2) is 17.5 Å². The summed E-state index contributed by atoms with van der Waals surface area (Å²) in [5, 5.41) is 1.16. The van der Waals surface area contributed by atoms with Crippen LogP contribution in [0.5, 0.6) is 0 Å². The number of hydrogen-bond acceptors (Lipinski definition) is 5. The highest BCUT2D eigenvalue weighted by Gasteiger charge is 2.13.